The molecule has 96 valence electrons. The van der Waals surface area contributed by atoms with Crippen LogP contribution in [0.4, 0.5) is 24.8 Å². The quantitative estimate of drug-likeness (QED) is 0.761. The first kappa shape index (κ1) is 13.6. The van der Waals surface area contributed by atoms with Gasteiger partial charge in [-0.25, -0.2) is 4.98 Å². The summed E-state index contributed by atoms with van der Waals surface area (Å²) in [5.41, 5.74) is 4.44. The molecule has 0 bridgehead atoms. The monoisotopic (exact) mass is 249 g/mol. The third kappa shape index (κ3) is 3.77. The number of anilines is 2. The summed E-state index contributed by atoms with van der Waals surface area (Å²) >= 11 is 0. The minimum Gasteiger partial charge on any atom is -0.394 e. The van der Waals surface area contributed by atoms with Gasteiger partial charge >= 0.3 is 6.18 Å². The molecular formula is C10H14F3N3O. The van der Waals surface area contributed by atoms with Gasteiger partial charge in [0.05, 0.1) is 18.2 Å². The highest BCUT2D eigenvalue weighted by Crippen LogP contribution is 2.31. The largest absolute Gasteiger partial charge is 0.416 e. The number of aliphatic hydroxyl groups excluding tert-OH is 1. The molecule has 0 amide bonds. The van der Waals surface area contributed by atoms with Crippen molar-refractivity contribution >= 4 is 11.6 Å². The molecule has 1 rings (SSSR count). The van der Waals surface area contributed by atoms with E-state index in [9.17, 15) is 13.2 Å². The van der Waals surface area contributed by atoms with Crippen molar-refractivity contribution in [1.82, 2.24) is 4.98 Å². The van der Waals surface area contributed by atoms with E-state index in [1.54, 1.807) is 6.92 Å². The molecule has 0 aliphatic heterocycles. The predicted octanol–water partition coefficient (Wildman–Crippen LogP) is 1.87. The first-order valence-corrected chi connectivity index (χ1v) is 5.09. The molecule has 1 aromatic rings. The lowest BCUT2D eigenvalue weighted by atomic mass is 10.2. The van der Waals surface area contributed by atoms with Crippen molar-refractivity contribution in [2.45, 2.75) is 25.6 Å². The second kappa shape index (κ2) is 5.22. The Morgan fingerprint density at radius 1 is 1.47 bits per heavy atom. The summed E-state index contributed by atoms with van der Waals surface area (Å²) in [5, 5.41) is 11.6. The SMILES string of the molecule is CCC(CO)Nc1cc(C(F)(F)F)cc(N)n1. The highest BCUT2D eigenvalue weighted by Gasteiger charge is 2.31. The van der Waals surface area contributed by atoms with Crippen LogP contribution in [0.3, 0.4) is 0 Å². The topological polar surface area (TPSA) is 71.2 Å². The Balaban J connectivity index is 2.97. The molecular weight excluding hydrogens is 235 g/mol. The zero-order valence-electron chi connectivity index (χ0n) is 9.25. The number of halogens is 3. The molecule has 17 heavy (non-hydrogen) atoms. The fraction of sp³-hybridized carbons (Fsp3) is 0.500. The van der Waals surface area contributed by atoms with Gasteiger partial charge in [0, 0.05) is 0 Å². The van der Waals surface area contributed by atoms with Crippen LogP contribution in [-0.2, 0) is 6.18 Å². The van der Waals surface area contributed by atoms with Gasteiger partial charge in [0.15, 0.2) is 0 Å². The lowest BCUT2D eigenvalue weighted by Gasteiger charge is -2.16. The van der Waals surface area contributed by atoms with Crippen molar-refractivity contribution in [2.75, 3.05) is 17.7 Å². The third-order valence-corrected chi connectivity index (χ3v) is 2.24. The normalized spacial score (nSPS) is 13.5. The van der Waals surface area contributed by atoms with Crippen molar-refractivity contribution in [1.29, 1.82) is 0 Å². The lowest BCUT2D eigenvalue weighted by Crippen LogP contribution is -2.23. The van der Waals surface area contributed by atoms with Crippen LogP contribution in [0.25, 0.3) is 0 Å². The Bertz CT molecular complexity index is 378. The van der Waals surface area contributed by atoms with E-state index < -0.39 is 11.7 Å². The number of pyridine rings is 1. The van der Waals surface area contributed by atoms with E-state index in [0.29, 0.717) is 6.42 Å². The van der Waals surface area contributed by atoms with E-state index >= 15 is 0 Å². The molecule has 0 spiro atoms. The summed E-state index contributed by atoms with van der Waals surface area (Å²) in [4.78, 5) is 3.74. The standard InChI is InChI=1S/C10H14F3N3O/c1-2-7(5-17)15-9-4-6(10(11,12)13)3-8(14)16-9/h3-4,7,17H,2,5H2,1H3,(H3,14,15,16). The zero-order chi connectivity index (χ0) is 13.1. The van der Waals surface area contributed by atoms with Gasteiger partial charge in [-0.3, -0.25) is 0 Å². The van der Waals surface area contributed by atoms with Crippen LogP contribution in [0, 0.1) is 0 Å². The molecule has 0 aliphatic carbocycles. The minimum absolute atomic E-state index is 0.0122. The van der Waals surface area contributed by atoms with Crippen molar-refractivity contribution in [3.63, 3.8) is 0 Å². The highest BCUT2D eigenvalue weighted by molar-refractivity contribution is 5.47. The van der Waals surface area contributed by atoms with E-state index in [4.69, 9.17) is 10.8 Å². The molecule has 0 radical (unpaired) electrons. The highest BCUT2D eigenvalue weighted by atomic mass is 19.4. The van der Waals surface area contributed by atoms with Crippen LogP contribution in [0.1, 0.15) is 18.9 Å². The van der Waals surface area contributed by atoms with Crippen LogP contribution >= 0.6 is 0 Å². The summed E-state index contributed by atoms with van der Waals surface area (Å²) in [6.45, 7) is 1.61. The molecule has 0 saturated carbocycles. The Morgan fingerprint density at radius 2 is 2.12 bits per heavy atom. The number of aromatic nitrogens is 1. The second-order valence-electron chi connectivity index (χ2n) is 3.60. The number of hydrogen-bond acceptors (Lipinski definition) is 4. The maximum absolute atomic E-state index is 12.5. The average molecular weight is 249 g/mol. The van der Waals surface area contributed by atoms with Gasteiger partial charge < -0.3 is 16.2 Å². The number of hydrogen-bond donors (Lipinski definition) is 3. The fourth-order valence-electron chi connectivity index (χ4n) is 1.28. The first-order chi connectivity index (χ1) is 7.86. The molecule has 1 aromatic heterocycles. The lowest BCUT2D eigenvalue weighted by molar-refractivity contribution is -0.137. The summed E-state index contributed by atoms with van der Waals surface area (Å²) < 4.78 is 37.5. The van der Waals surface area contributed by atoms with Gasteiger partial charge in [0.2, 0.25) is 0 Å². The number of alkyl halides is 3. The predicted molar refractivity (Wildman–Crippen MR) is 58.4 cm³/mol. The molecule has 1 heterocycles. The van der Waals surface area contributed by atoms with Crippen molar-refractivity contribution in [2.24, 2.45) is 0 Å². The average Bonchev–Trinajstić information content (AvgIpc) is 2.24. The molecule has 1 atom stereocenters. The van der Waals surface area contributed by atoms with E-state index in [1.165, 1.54) is 0 Å². The van der Waals surface area contributed by atoms with Crippen LogP contribution in [-0.4, -0.2) is 22.7 Å². The Hall–Kier alpha value is -1.50. The van der Waals surface area contributed by atoms with Gasteiger partial charge in [-0.2, -0.15) is 13.2 Å². The maximum atomic E-state index is 12.5. The number of aliphatic hydroxyl groups is 1. The summed E-state index contributed by atoms with van der Waals surface area (Å²) in [5.74, 6) is -0.201. The first-order valence-electron chi connectivity index (χ1n) is 5.09. The van der Waals surface area contributed by atoms with Crippen LogP contribution in [0.5, 0.6) is 0 Å². The Morgan fingerprint density at radius 3 is 2.59 bits per heavy atom. The van der Waals surface area contributed by atoms with Gasteiger partial charge in [-0.15, -0.1) is 0 Å². The van der Waals surface area contributed by atoms with Gasteiger partial charge in [-0.1, -0.05) is 6.92 Å². The molecule has 0 saturated heterocycles. The van der Waals surface area contributed by atoms with Gasteiger partial charge in [0.1, 0.15) is 11.6 Å². The molecule has 0 aromatic carbocycles. The van der Waals surface area contributed by atoms with E-state index in [-0.39, 0.29) is 24.3 Å². The number of nitrogens with two attached hydrogens (primary N) is 1. The van der Waals surface area contributed by atoms with E-state index in [0.717, 1.165) is 12.1 Å². The molecule has 1 unspecified atom stereocenters. The van der Waals surface area contributed by atoms with Crippen molar-refractivity contribution in [3.05, 3.63) is 17.7 Å². The molecule has 0 fully saturated rings. The number of rotatable bonds is 4. The molecule has 4 N–H and O–H groups in total. The van der Waals surface area contributed by atoms with Gasteiger partial charge in [-0.05, 0) is 18.6 Å². The Kier molecular flexibility index (Phi) is 4.17. The van der Waals surface area contributed by atoms with Crippen molar-refractivity contribution in [3.8, 4) is 0 Å². The third-order valence-electron chi connectivity index (χ3n) is 2.24. The Labute approximate surface area is 96.7 Å². The molecule has 4 nitrogen and oxygen atoms in total. The van der Waals surface area contributed by atoms with Crippen LogP contribution < -0.4 is 11.1 Å². The zero-order valence-corrected chi connectivity index (χ0v) is 9.25. The summed E-state index contributed by atoms with van der Waals surface area (Å²) in [6, 6.07) is 1.30. The maximum Gasteiger partial charge on any atom is 0.416 e. The summed E-state index contributed by atoms with van der Waals surface area (Å²) in [7, 11) is 0. The van der Waals surface area contributed by atoms with E-state index in [2.05, 4.69) is 10.3 Å². The van der Waals surface area contributed by atoms with Crippen LogP contribution in [0.15, 0.2) is 12.1 Å². The van der Waals surface area contributed by atoms with Crippen molar-refractivity contribution < 1.29 is 18.3 Å². The fourth-order valence-corrected chi connectivity index (χ4v) is 1.28. The molecule has 7 heteroatoms. The van der Waals surface area contributed by atoms with Crippen LogP contribution in [0.2, 0.25) is 0 Å². The molecule has 0 aliphatic rings. The van der Waals surface area contributed by atoms with E-state index in [1.807, 2.05) is 0 Å². The number of nitrogen functional groups attached to an aromatic ring is 1. The van der Waals surface area contributed by atoms with Gasteiger partial charge in [0.25, 0.3) is 0 Å². The summed E-state index contributed by atoms with van der Waals surface area (Å²) in [6.07, 6.45) is -3.90. The number of nitrogens with one attached hydrogen (secondary N) is 1. The second-order valence-corrected chi connectivity index (χ2v) is 3.60. The number of nitrogens with zero attached hydrogens (tertiary/aromatic N) is 1. The minimum atomic E-state index is -4.46. The smallest absolute Gasteiger partial charge is 0.394 e.